The van der Waals surface area contributed by atoms with Crippen LogP contribution in [0.5, 0.6) is 0 Å². The van der Waals surface area contributed by atoms with Crippen LogP contribution in [0.1, 0.15) is 33.3 Å². The molecular formula is C16H23N3O3S. The van der Waals surface area contributed by atoms with Crippen LogP contribution in [0.3, 0.4) is 0 Å². The van der Waals surface area contributed by atoms with Crippen LogP contribution in [0.15, 0.2) is 29.2 Å². The van der Waals surface area contributed by atoms with Gasteiger partial charge in [-0.3, -0.25) is 4.79 Å². The summed E-state index contributed by atoms with van der Waals surface area (Å²) in [6.45, 7) is 7.65. The van der Waals surface area contributed by atoms with E-state index in [4.69, 9.17) is 5.26 Å². The van der Waals surface area contributed by atoms with Crippen molar-refractivity contribution < 1.29 is 13.2 Å². The second kappa shape index (κ2) is 7.57. The summed E-state index contributed by atoms with van der Waals surface area (Å²) in [6.07, 6.45) is 0.0930. The molecule has 1 atom stereocenters. The van der Waals surface area contributed by atoms with E-state index in [1.807, 2.05) is 20.8 Å². The maximum atomic E-state index is 12.0. The minimum atomic E-state index is -3.49. The number of amides is 1. The van der Waals surface area contributed by atoms with Crippen molar-refractivity contribution in [1.82, 2.24) is 10.0 Å². The Labute approximate surface area is 137 Å². The lowest BCUT2D eigenvalue weighted by molar-refractivity contribution is -0.121. The number of benzene rings is 1. The summed E-state index contributed by atoms with van der Waals surface area (Å²) in [6, 6.07) is 7.63. The van der Waals surface area contributed by atoms with Crippen LogP contribution in [0.4, 0.5) is 0 Å². The van der Waals surface area contributed by atoms with Gasteiger partial charge in [0.05, 0.1) is 17.4 Å². The fraction of sp³-hybridized carbons (Fsp3) is 0.500. The Morgan fingerprint density at radius 3 is 2.26 bits per heavy atom. The van der Waals surface area contributed by atoms with Crippen molar-refractivity contribution in [3.63, 3.8) is 0 Å². The number of hydrogen-bond donors (Lipinski definition) is 2. The van der Waals surface area contributed by atoms with E-state index in [9.17, 15) is 13.2 Å². The molecule has 0 bridgehead atoms. The van der Waals surface area contributed by atoms with E-state index in [0.717, 1.165) is 0 Å². The van der Waals surface area contributed by atoms with Crippen molar-refractivity contribution in [3.8, 4) is 6.07 Å². The standard InChI is InChI=1S/C16H23N3O3S/c1-5-18-23(21,22)13-8-6-12(7-9-13)10-15(20)19-14(11-17)16(2,3)4/h6-9,14,18H,5,10H2,1-4H3,(H,19,20)/t14-/m1/s1. The third-order valence-corrected chi connectivity index (χ3v) is 4.79. The monoisotopic (exact) mass is 337 g/mol. The molecule has 2 N–H and O–H groups in total. The van der Waals surface area contributed by atoms with Crippen LogP contribution in [0.2, 0.25) is 0 Å². The van der Waals surface area contributed by atoms with E-state index < -0.39 is 16.1 Å². The molecule has 1 aromatic rings. The van der Waals surface area contributed by atoms with E-state index in [1.54, 1.807) is 19.1 Å². The number of rotatable bonds is 6. The zero-order valence-electron chi connectivity index (χ0n) is 13.9. The molecule has 0 heterocycles. The van der Waals surface area contributed by atoms with E-state index in [2.05, 4.69) is 16.1 Å². The molecule has 0 saturated carbocycles. The molecule has 1 amide bonds. The predicted molar refractivity (Wildman–Crippen MR) is 88.0 cm³/mol. The molecule has 126 valence electrons. The Kier molecular flexibility index (Phi) is 6.30. The van der Waals surface area contributed by atoms with Gasteiger partial charge in [0.2, 0.25) is 15.9 Å². The Morgan fingerprint density at radius 2 is 1.83 bits per heavy atom. The molecule has 0 aliphatic heterocycles. The highest BCUT2D eigenvalue weighted by Crippen LogP contribution is 2.18. The highest BCUT2D eigenvalue weighted by molar-refractivity contribution is 7.89. The zero-order chi connectivity index (χ0) is 17.7. The Balaban J connectivity index is 2.76. The largest absolute Gasteiger partial charge is 0.340 e. The van der Waals surface area contributed by atoms with Gasteiger partial charge < -0.3 is 5.32 Å². The van der Waals surface area contributed by atoms with Crippen LogP contribution in [-0.4, -0.2) is 26.9 Å². The maximum Gasteiger partial charge on any atom is 0.240 e. The molecule has 6 nitrogen and oxygen atoms in total. The average Bonchev–Trinajstić information content (AvgIpc) is 2.44. The van der Waals surface area contributed by atoms with Gasteiger partial charge in [0, 0.05) is 6.54 Å². The molecule has 0 aliphatic carbocycles. The fourth-order valence-electron chi connectivity index (χ4n) is 1.90. The number of nitrogens with zero attached hydrogens (tertiary/aromatic N) is 1. The van der Waals surface area contributed by atoms with Crippen LogP contribution in [0, 0.1) is 16.7 Å². The number of sulfonamides is 1. The molecular weight excluding hydrogens is 314 g/mol. The van der Waals surface area contributed by atoms with Crippen molar-refractivity contribution in [1.29, 1.82) is 5.26 Å². The average molecular weight is 337 g/mol. The van der Waals surface area contributed by atoms with Crippen molar-refractivity contribution in [2.45, 2.75) is 45.1 Å². The third-order valence-electron chi connectivity index (χ3n) is 3.23. The van der Waals surface area contributed by atoms with Crippen LogP contribution < -0.4 is 10.0 Å². The molecule has 0 saturated heterocycles. The van der Waals surface area contributed by atoms with Gasteiger partial charge in [-0.2, -0.15) is 5.26 Å². The molecule has 1 rings (SSSR count). The maximum absolute atomic E-state index is 12.0. The van der Waals surface area contributed by atoms with Gasteiger partial charge in [-0.25, -0.2) is 13.1 Å². The Morgan fingerprint density at radius 1 is 1.26 bits per heavy atom. The van der Waals surface area contributed by atoms with Gasteiger partial charge in [-0.1, -0.05) is 39.8 Å². The minimum absolute atomic E-state index is 0.0930. The molecule has 0 spiro atoms. The lowest BCUT2D eigenvalue weighted by atomic mass is 9.87. The van der Waals surface area contributed by atoms with Gasteiger partial charge in [-0.15, -0.1) is 0 Å². The van der Waals surface area contributed by atoms with E-state index in [-0.39, 0.29) is 22.6 Å². The second-order valence-electron chi connectivity index (χ2n) is 6.32. The van der Waals surface area contributed by atoms with E-state index in [1.165, 1.54) is 12.1 Å². The van der Waals surface area contributed by atoms with Crippen molar-refractivity contribution in [2.24, 2.45) is 5.41 Å². The van der Waals surface area contributed by atoms with Gasteiger partial charge in [-0.05, 0) is 23.1 Å². The summed E-state index contributed by atoms with van der Waals surface area (Å²) in [4.78, 5) is 12.2. The van der Waals surface area contributed by atoms with Gasteiger partial charge in [0.15, 0.2) is 0 Å². The molecule has 0 fully saturated rings. The summed E-state index contributed by atoms with van der Waals surface area (Å²) in [5.41, 5.74) is 0.331. The first-order chi connectivity index (χ1) is 10.6. The summed E-state index contributed by atoms with van der Waals surface area (Å²) in [5, 5.41) is 11.8. The smallest absolute Gasteiger partial charge is 0.240 e. The fourth-order valence-corrected chi connectivity index (χ4v) is 2.94. The Hall–Kier alpha value is -1.91. The van der Waals surface area contributed by atoms with Gasteiger partial charge in [0.25, 0.3) is 0 Å². The molecule has 0 radical (unpaired) electrons. The zero-order valence-corrected chi connectivity index (χ0v) is 14.7. The second-order valence-corrected chi connectivity index (χ2v) is 8.08. The lowest BCUT2D eigenvalue weighted by Crippen LogP contribution is -2.43. The van der Waals surface area contributed by atoms with Crippen molar-refractivity contribution in [2.75, 3.05) is 6.54 Å². The third kappa shape index (κ3) is 5.66. The van der Waals surface area contributed by atoms with Gasteiger partial charge in [0.1, 0.15) is 6.04 Å². The summed E-state index contributed by atoms with van der Waals surface area (Å²) in [5.74, 6) is -0.270. The molecule has 0 aromatic heterocycles. The summed E-state index contributed by atoms with van der Waals surface area (Å²) < 4.78 is 26.1. The van der Waals surface area contributed by atoms with Crippen LogP contribution >= 0.6 is 0 Å². The minimum Gasteiger partial charge on any atom is -0.340 e. The molecule has 1 aromatic carbocycles. The normalized spacial score (nSPS) is 13.2. The molecule has 0 aliphatic rings. The van der Waals surface area contributed by atoms with E-state index in [0.29, 0.717) is 12.1 Å². The number of nitrogens with one attached hydrogen (secondary N) is 2. The number of hydrogen-bond acceptors (Lipinski definition) is 4. The number of carbonyl (C=O) groups is 1. The van der Waals surface area contributed by atoms with E-state index >= 15 is 0 Å². The highest BCUT2D eigenvalue weighted by atomic mass is 32.2. The number of carbonyl (C=O) groups excluding carboxylic acids is 1. The molecule has 0 unspecified atom stereocenters. The topological polar surface area (TPSA) is 99.1 Å². The highest BCUT2D eigenvalue weighted by Gasteiger charge is 2.25. The van der Waals surface area contributed by atoms with Crippen LogP contribution in [0.25, 0.3) is 0 Å². The summed E-state index contributed by atoms with van der Waals surface area (Å²) >= 11 is 0. The van der Waals surface area contributed by atoms with Gasteiger partial charge >= 0.3 is 0 Å². The lowest BCUT2D eigenvalue weighted by Gasteiger charge is -2.25. The number of nitriles is 1. The predicted octanol–water partition coefficient (Wildman–Crippen LogP) is 1.58. The Bertz CT molecular complexity index is 683. The van der Waals surface area contributed by atoms with Crippen molar-refractivity contribution >= 4 is 15.9 Å². The first kappa shape index (κ1) is 19.1. The summed E-state index contributed by atoms with van der Waals surface area (Å²) in [7, 11) is -3.49. The SMILES string of the molecule is CCNS(=O)(=O)c1ccc(CC(=O)N[C@H](C#N)C(C)(C)C)cc1. The van der Waals surface area contributed by atoms with Crippen LogP contribution in [-0.2, 0) is 21.2 Å². The quantitative estimate of drug-likeness (QED) is 0.823. The molecule has 7 heteroatoms. The first-order valence-electron chi connectivity index (χ1n) is 7.37. The first-order valence-corrected chi connectivity index (χ1v) is 8.86. The van der Waals surface area contributed by atoms with Crippen molar-refractivity contribution in [3.05, 3.63) is 29.8 Å². The molecule has 23 heavy (non-hydrogen) atoms.